The van der Waals surface area contributed by atoms with Crippen molar-refractivity contribution < 1.29 is 0 Å². The number of benzene rings is 3. The highest BCUT2D eigenvalue weighted by Gasteiger charge is 1.98. The Labute approximate surface area is 232 Å². The number of hydrogen-bond acceptors (Lipinski definition) is 3. The molecule has 6 aromatic rings. The standard InChI is InChI=1S/2C8H7BrN2.C7H5BrN2.3CH4/c1-11-5-6-4-7(9)2-3-8(6)10-11;1-11-8-3-2-7(9)4-6(8)5-10-11;8-6-1-2-7-5(3-6)4-9-10-7;;;/h2*2-5H,1H3;1-4H,(H,9,10);3*1H4. The molecule has 0 bridgehead atoms. The lowest BCUT2D eigenvalue weighted by atomic mass is 10.3. The summed E-state index contributed by atoms with van der Waals surface area (Å²) in [5.74, 6) is 0. The predicted molar refractivity (Wildman–Crippen MR) is 161 cm³/mol. The molecule has 186 valence electrons. The third-order valence-electron chi connectivity index (χ3n) is 4.69. The predicted octanol–water partition coefficient (Wildman–Crippen LogP) is 8.91. The first-order chi connectivity index (χ1) is 15.4. The smallest absolute Gasteiger partial charge is 0.0923 e. The first kappa shape index (κ1) is 30.5. The molecule has 3 heterocycles. The van der Waals surface area contributed by atoms with Crippen LogP contribution in [-0.4, -0.2) is 29.8 Å². The first-order valence-electron chi connectivity index (χ1n) is 9.64. The highest BCUT2D eigenvalue weighted by molar-refractivity contribution is 9.11. The third kappa shape index (κ3) is 7.75. The average Bonchev–Trinajstić information content (AvgIpc) is 3.46. The second-order valence-corrected chi connectivity index (χ2v) is 9.83. The number of nitrogens with one attached hydrogen (secondary N) is 1. The number of fused-ring (bicyclic) bond motifs is 3. The van der Waals surface area contributed by atoms with Crippen LogP contribution in [0, 0.1) is 0 Å². The highest BCUT2D eigenvalue weighted by Crippen LogP contribution is 2.19. The molecule has 6 rings (SSSR count). The molecule has 3 aromatic heterocycles. The van der Waals surface area contributed by atoms with Gasteiger partial charge in [0.25, 0.3) is 0 Å². The minimum absolute atomic E-state index is 0. The van der Waals surface area contributed by atoms with Gasteiger partial charge in [-0.05, 0) is 54.6 Å². The van der Waals surface area contributed by atoms with E-state index >= 15 is 0 Å². The van der Waals surface area contributed by atoms with Crippen molar-refractivity contribution in [1.29, 1.82) is 0 Å². The minimum Gasteiger partial charge on any atom is -0.278 e. The molecule has 0 unspecified atom stereocenters. The van der Waals surface area contributed by atoms with Crippen molar-refractivity contribution in [3.8, 4) is 0 Å². The number of H-pyrrole nitrogens is 1. The molecule has 0 atom stereocenters. The summed E-state index contributed by atoms with van der Waals surface area (Å²) in [6.45, 7) is 0. The second kappa shape index (κ2) is 13.6. The zero-order valence-corrected chi connectivity index (χ0v) is 22.1. The van der Waals surface area contributed by atoms with Gasteiger partial charge in [-0.25, -0.2) is 0 Å². The maximum Gasteiger partial charge on any atom is 0.0923 e. The van der Waals surface area contributed by atoms with Crippen LogP contribution in [0.25, 0.3) is 32.7 Å². The van der Waals surface area contributed by atoms with Crippen molar-refractivity contribution in [2.24, 2.45) is 14.1 Å². The van der Waals surface area contributed by atoms with E-state index in [0.717, 1.165) is 35.4 Å². The fraction of sp³-hybridized carbons (Fsp3) is 0.192. The number of aromatic amines is 1. The van der Waals surface area contributed by atoms with Crippen molar-refractivity contribution >= 4 is 80.5 Å². The van der Waals surface area contributed by atoms with Crippen molar-refractivity contribution in [3.05, 3.63) is 86.6 Å². The molecule has 0 radical (unpaired) electrons. The van der Waals surface area contributed by atoms with Crippen LogP contribution in [-0.2, 0) is 14.1 Å². The molecule has 6 nitrogen and oxygen atoms in total. The van der Waals surface area contributed by atoms with E-state index in [9.17, 15) is 0 Å². The number of nitrogens with zero attached hydrogens (tertiary/aromatic N) is 5. The Balaban J connectivity index is 0.000000252. The van der Waals surface area contributed by atoms with E-state index < -0.39 is 0 Å². The van der Waals surface area contributed by atoms with E-state index in [4.69, 9.17) is 0 Å². The first-order valence-corrected chi connectivity index (χ1v) is 12.0. The lowest BCUT2D eigenvalue weighted by Crippen LogP contribution is -1.87. The van der Waals surface area contributed by atoms with Crippen LogP contribution < -0.4 is 0 Å². The molecule has 0 saturated heterocycles. The Hall–Kier alpha value is -2.49. The molecular weight excluding hydrogens is 636 g/mol. The third-order valence-corrected chi connectivity index (χ3v) is 6.17. The number of aromatic nitrogens is 6. The zero-order valence-electron chi connectivity index (χ0n) is 17.3. The van der Waals surface area contributed by atoms with Gasteiger partial charge in [0, 0.05) is 49.9 Å². The molecule has 0 aliphatic heterocycles. The fourth-order valence-electron chi connectivity index (χ4n) is 3.17. The van der Waals surface area contributed by atoms with Gasteiger partial charge in [0.1, 0.15) is 0 Å². The molecular formula is C26H31Br3N6. The Kier molecular flexibility index (Phi) is 11.8. The molecule has 9 heteroatoms. The van der Waals surface area contributed by atoms with Crippen molar-refractivity contribution in [3.63, 3.8) is 0 Å². The summed E-state index contributed by atoms with van der Waals surface area (Å²) < 4.78 is 6.95. The molecule has 1 N–H and O–H groups in total. The topological polar surface area (TPSA) is 64.3 Å². The van der Waals surface area contributed by atoms with Gasteiger partial charge >= 0.3 is 0 Å². The van der Waals surface area contributed by atoms with Crippen LogP contribution in [0.2, 0.25) is 0 Å². The fourth-order valence-corrected chi connectivity index (χ4v) is 4.30. The van der Waals surface area contributed by atoms with Crippen molar-refractivity contribution in [1.82, 2.24) is 29.8 Å². The SMILES string of the molecule is Brc1ccc2[nH]ncc2c1.C.C.C.Cn1cc2cc(Br)ccc2n1.Cn1ncc2cc(Br)ccc21. The molecule has 0 aliphatic rings. The Morgan fingerprint density at radius 1 is 0.714 bits per heavy atom. The molecule has 35 heavy (non-hydrogen) atoms. The van der Waals surface area contributed by atoms with Crippen LogP contribution in [0.5, 0.6) is 0 Å². The summed E-state index contributed by atoms with van der Waals surface area (Å²) >= 11 is 10.2. The summed E-state index contributed by atoms with van der Waals surface area (Å²) in [6.07, 6.45) is 5.67. The molecule has 0 amide bonds. The summed E-state index contributed by atoms with van der Waals surface area (Å²) in [7, 11) is 3.87. The molecule has 3 aromatic carbocycles. The van der Waals surface area contributed by atoms with Gasteiger partial charge < -0.3 is 0 Å². The van der Waals surface area contributed by atoms with Gasteiger partial charge in [-0.1, -0.05) is 70.1 Å². The highest BCUT2D eigenvalue weighted by atomic mass is 79.9. The Morgan fingerprint density at radius 2 is 1.31 bits per heavy atom. The zero-order chi connectivity index (χ0) is 22.7. The Bertz CT molecular complexity index is 1490. The molecule has 0 fully saturated rings. The number of rotatable bonds is 0. The van der Waals surface area contributed by atoms with E-state index in [1.54, 1.807) is 6.20 Å². The van der Waals surface area contributed by atoms with Gasteiger partial charge in [-0.2, -0.15) is 15.3 Å². The summed E-state index contributed by atoms with van der Waals surface area (Å²) in [6, 6.07) is 18.2. The van der Waals surface area contributed by atoms with E-state index in [2.05, 4.69) is 80.3 Å². The quantitative estimate of drug-likeness (QED) is 0.176. The van der Waals surface area contributed by atoms with E-state index in [1.807, 2.05) is 78.3 Å². The van der Waals surface area contributed by atoms with Crippen LogP contribution in [0.4, 0.5) is 0 Å². The summed E-state index contributed by atoms with van der Waals surface area (Å²) in [5, 5.41) is 18.6. The van der Waals surface area contributed by atoms with Gasteiger partial charge in [0.2, 0.25) is 0 Å². The maximum absolute atomic E-state index is 4.25. The second-order valence-electron chi connectivity index (χ2n) is 7.08. The molecule has 0 spiro atoms. The minimum atomic E-state index is 0. The molecule has 0 saturated carbocycles. The lowest BCUT2D eigenvalue weighted by molar-refractivity contribution is 0.780. The van der Waals surface area contributed by atoms with Gasteiger partial charge in [0.15, 0.2) is 0 Å². The van der Waals surface area contributed by atoms with Crippen molar-refractivity contribution in [2.75, 3.05) is 0 Å². The van der Waals surface area contributed by atoms with Crippen LogP contribution >= 0.6 is 47.8 Å². The van der Waals surface area contributed by atoms with E-state index in [-0.39, 0.29) is 22.3 Å². The number of hydrogen-bond donors (Lipinski definition) is 1. The van der Waals surface area contributed by atoms with Crippen LogP contribution in [0.1, 0.15) is 22.3 Å². The van der Waals surface area contributed by atoms with E-state index in [1.165, 1.54) is 10.8 Å². The number of aryl methyl sites for hydroxylation is 2. The lowest BCUT2D eigenvalue weighted by Gasteiger charge is -1.92. The van der Waals surface area contributed by atoms with Crippen molar-refractivity contribution in [2.45, 2.75) is 22.3 Å². The normalized spacial score (nSPS) is 9.74. The monoisotopic (exact) mass is 664 g/mol. The summed E-state index contributed by atoms with van der Waals surface area (Å²) in [4.78, 5) is 0. The van der Waals surface area contributed by atoms with Crippen LogP contribution in [0.15, 0.2) is 86.6 Å². The van der Waals surface area contributed by atoms with Gasteiger partial charge in [-0.3, -0.25) is 14.5 Å². The van der Waals surface area contributed by atoms with Crippen LogP contribution in [0.3, 0.4) is 0 Å². The average molecular weight is 667 g/mol. The van der Waals surface area contributed by atoms with Gasteiger partial charge in [0.05, 0.1) is 28.9 Å². The Morgan fingerprint density at radius 3 is 2.03 bits per heavy atom. The largest absolute Gasteiger partial charge is 0.278 e. The molecule has 0 aliphatic carbocycles. The maximum atomic E-state index is 4.25. The van der Waals surface area contributed by atoms with Gasteiger partial charge in [-0.15, -0.1) is 0 Å². The van der Waals surface area contributed by atoms with E-state index in [0.29, 0.717) is 0 Å². The summed E-state index contributed by atoms with van der Waals surface area (Å²) in [5.41, 5.74) is 3.27. The number of halogens is 3.